The number of aryl methyl sites for hydroxylation is 2. The molecule has 0 atom stereocenters. The van der Waals surface area contributed by atoms with E-state index in [1.165, 1.54) is 11.1 Å². The second kappa shape index (κ2) is 7.75. The van der Waals surface area contributed by atoms with Gasteiger partial charge in [0.2, 0.25) is 5.75 Å². The molecule has 0 amide bonds. The normalized spacial score (nSPS) is 10.5. The number of hydrogen-bond donors (Lipinski definition) is 1. The van der Waals surface area contributed by atoms with Gasteiger partial charge in [-0.2, -0.15) is 0 Å². The van der Waals surface area contributed by atoms with E-state index in [0.29, 0.717) is 24.7 Å². The zero-order chi connectivity index (χ0) is 17.6. The van der Waals surface area contributed by atoms with Gasteiger partial charge >= 0.3 is 0 Å². The fourth-order valence-electron chi connectivity index (χ4n) is 2.45. The van der Waals surface area contributed by atoms with Crippen LogP contribution in [0.4, 0.5) is 0 Å². The van der Waals surface area contributed by atoms with Crippen LogP contribution in [0.1, 0.15) is 22.3 Å². The number of phenolic OH excluding ortho intramolecular Hbond substituents is 1. The Kier molecular flexibility index (Phi) is 5.24. The highest BCUT2D eigenvalue weighted by Gasteiger charge is 2.11. The number of hydrogen-bond acceptors (Lipinski definition) is 3. The molecule has 0 saturated heterocycles. The first-order valence-electron chi connectivity index (χ1n) is 8.30. The molecule has 0 aliphatic carbocycles. The van der Waals surface area contributed by atoms with Crippen LogP contribution in [0, 0.1) is 13.8 Å². The Hall–Kier alpha value is -2.94. The van der Waals surface area contributed by atoms with E-state index in [2.05, 4.69) is 19.1 Å². The summed E-state index contributed by atoms with van der Waals surface area (Å²) in [5.41, 5.74) is 4.52. The zero-order valence-corrected chi connectivity index (χ0v) is 14.5. The lowest BCUT2D eigenvalue weighted by atomic mass is 10.2. The second-order valence-corrected chi connectivity index (χ2v) is 6.15. The Labute approximate surface area is 148 Å². The van der Waals surface area contributed by atoms with Crippen molar-refractivity contribution in [1.29, 1.82) is 0 Å². The molecule has 0 aromatic heterocycles. The predicted molar refractivity (Wildman–Crippen MR) is 99.1 cm³/mol. The molecule has 0 spiro atoms. The molecule has 1 N–H and O–H groups in total. The van der Waals surface area contributed by atoms with Crippen molar-refractivity contribution < 1.29 is 14.6 Å². The predicted octanol–water partition coefficient (Wildman–Crippen LogP) is 5.17. The minimum atomic E-state index is 0.0773. The van der Waals surface area contributed by atoms with Crippen molar-refractivity contribution in [3.05, 3.63) is 89.0 Å². The molecule has 25 heavy (non-hydrogen) atoms. The van der Waals surface area contributed by atoms with Crippen molar-refractivity contribution >= 4 is 0 Å². The summed E-state index contributed by atoms with van der Waals surface area (Å²) < 4.78 is 11.7. The maximum absolute atomic E-state index is 10.1. The molecule has 0 fully saturated rings. The summed E-state index contributed by atoms with van der Waals surface area (Å²) >= 11 is 0. The lowest BCUT2D eigenvalue weighted by Crippen LogP contribution is -2.01. The molecule has 3 aromatic rings. The molecule has 3 aromatic carbocycles. The third-order valence-corrected chi connectivity index (χ3v) is 3.98. The van der Waals surface area contributed by atoms with Crippen molar-refractivity contribution in [1.82, 2.24) is 0 Å². The fourth-order valence-corrected chi connectivity index (χ4v) is 2.45. The highest BCUT2D eigenvalue weighted by atomic mass is 16.5. The van der Waals surface area contributed by atoms with Crippen molar-refractivity contribution in [3.8, 4) is 17.2 Å². The van der Waals surface area contributed by atoms with Gasteiger partial charge in [0.25, 0.3) is 0 Å². The van der Waals surface area contributed by atoms with Crippen LogP contribution in [0.3, 0.4) is 0 Å². The summed E-state index contributed by atoms with van der Waals surface area (Å²) in [5.74, 6) is 0.983. The van der Waals surface area contributed by atoms with Gasteiger partial charge in [-0.3, -0.25) is 0 Å². The van der Waals surface area contributed by atoms with Crippen LogP contribution in [0.2, 0.25) is 0 Å². The van der Waals surface area contributed by atoms with Crippen LogP contribution in [0.15, 0.2) is 66.7 Å². The SMILES string of the molecule is Cc1ccc(COc2cccc(O)c2OCc2ccc(C)cc2)cc1. The maximum Gasteiger partial charge on any atom is 0.203 e. The van der Waals surface area contributed by atoms with Gasteiger partial charge < -0.3 is 14.6 Å². The van der Waals surface area contributed by atoms with Crippen molar-refractivity contribution in [2.24, 2.45) is 0 Å². The molecule has 0 saturated carbocycles. The molecule has 3 rings (SSSR count). The molecule has 0 aliphatic heterocycles. The van der Waals surface area contributed by atoms with Crippen LogP contribution in [0.5, 0.6) is 17.2 Å². The summed E-state index contributed by atoms with van der Waals surface area (Å²) in [6.07, 6.45) is 0. The van der Waals surface area contributed by atoms with E-state index in [1.54, 1.807) is 18.2 Å². The van der Waals surface area contributed by atoms with E-state index < -0.39 is 0 Å². The number of phenols is 1. The quantitative estimate of drug-likeness (QED) is 0.676. The van der Waals surface area contributed by atoms with E-state index in [9.17, 15) is 5.11 Å². The van der Waals surface area contributed by atoms with E-state index in [4.69, 9.17) is 9.47 Å². The Balaban J connectivity index is 1.70. The van der Waals surface area contributed by atoms with Gasteiger partial charge in [0.1, 0.15) is 13.2 Å². The molecule has 3 heteroatoms. The smallest absolute Gasteiger partial charge is 0.203 e. The summed E-state index contributed by atoms with van der Waals surface area (Å²) in [6.45, 7) is 4.89. The van der Waals surface area contributed by atoms with E-state index in [1.807, 2.05) is 43.3 Å². The number of rotatable bonds is 6. The first-order chi connectivity index (χ1) is 12.1. The monoisotopic (exact) mass is 334 g/mol. The van der Waals surface area contributed by atoms with Gasteiger partial charge in [0.05, 0.1) is 0 Å². The van der Waals surface area contributed by atoms with E-state index in [0.717, 1.165) is 11.1 Å². The van der Waals surface area contributed by atoms with Gasteiger partial charge in [-0.05, 0) is 37.1 Å². The fraction of sp³-hybridized carbons (Fsp3) is 0.182. The van der Waals surface area contributed by atoms with Crippen molar-refractivity contribution in [2.75, 3.05) is 0 Å². The van der Waals surface area contributed by atoms with Crippen molar-refractivity contribution in [3.63, 3.8) is 0 Å². The number of ether oxygens (including phenoxy) is 2. The average molecular weight is 334 g/mol. The summed E-state index contributed by atoms with van der Waals surface area (Å²) in [4.78, 5) is 0. The van der Waals surface area contributed by atoms with Crippen LogP contribution < -0.4 is 9.47 Å². The summed E-state index contributed by atoms with van der Waals surface area (Å²) in [5, 5.41) is 10.1. The van der Waals surface area contributed by atoms with E-state index in [-0.39, 0.29) is 5.75 Å². The van der Waals surface area contributed by atoms with Crippen LogP contribution >= 0.6 is 0 Å². The Morgan fingerprint density at radius 2 is 1.20 bits per heavy atom. The minimum absolute atomic E-state index is 0.0773. The van der Waals surface area contributed by atoms with Gasteiger partial charge in [0.15, 0.2) is 11.5 Å². The van der Waals surface area contributed by atoms with Gasteiger partial charge in [-0.25, -0.2) is 0 Å². The first kappa shape index (κ1) is 16.9. The largest absolute Gasteiger partial charge is 0.504 e. The third kappa shape index (κ3) is 4.54. The standard InChI is InChI=1S/C22H22O3/c1-16-6-10-18(11-7-16)14-24-21-5-3-4-20(23)22(21)25-15-19-12-8-17(2)9-13-19/h3-13,23H,14-15H2,1-2H3. The van der Waals surface area contributed by atoms with Gasteiger partial charge in [0, 0.05) is 0 Å². The Morgan fingerprint density at radius 3 is 1.76 bits per heavy atom. The summed E-state index contributed by atoms with van der Waals surface area (Å²) in [6, 6.07) is 21.4. The Bertz CT molecular complexity index is 821. The number of para-hydroxylation sites is 1. The molecule has 0 heterocycles. The number of aromatic hydroxyl groups is 1. The minimum Gasteiger partial charge on any atom is -0.504 e. The second-order valence-electron chi connectivity index (χ2n) is 6.15. The lowest BCUT2D eigenvalue weighted by molar-refractivity contribution is 0.246. The van der Waals surface area contributed by atoms with Crippen LogP contribution in [-0.4, -0.2) is 5.11 Å². The first-order valence-corrected chi connectivity index (χ1v) is 8.30. The molecule has 0 unspecified atom stereocenters. The highest BCUT2D eigenvalue weighted by molar-refractivity contribution is 5.50. The molecule has 0 radical (unpaired) electrons. The van der Waals surface area contributed by atoms with E-state index >= 15 is 0 Å². The lowest BCUT2D eigenvalue weighted by Gasteiger charge is -2.14. The highest BCUT2D eigenvalue weighted by Crippen LogP contribution is 2.37. The van der Waals surface area contributed by atoms with Gasteiger partial charge in [-0.15, -0.1) is 0 Å². The van der Waals surface area contributed by atoms with Gasteiger partial charge in [-0.1, -0.05) is 65.7 Å². The third-order valence-electron chi connectivity index (χ3n) is 3.98. The molecule has 0 aliphatic rings. The molecule has 3 nitrogen and oxygen atoms in total. The average Bonchev–Trinajstić information content (AvgIpc) is 2.62. The summed E-state index contributed by atoms with van der Waals surface area (Å²) in [7, 11) is 0. The Morgan fingerprint density at radius 1 is 0.680 bits per heavy atom. The molecular weight excluding hydrogens is 312 g/mol. The maximum atomic E-state index is 10.1. The van der Waals surface area contributed by atoms with Crippen LogP contribution in [-0.2, 0) is 13.2 Å². The topological polar surface area (TPSA) is 38.7 Å². The van der Waals surface area contributed by atoms with Crippen LogP contribution in [0.25, 0.3) is 0 Å². The molecule has 128 valence electrons. The molecular formula is C22H22O3. The van der Waals surface area contributed by atoms with Crippen molar-refractivity contribution in [2.45, 2.75) is 27.1 Å². The molecule has 0 bridgehead atoms. The zero-order valence-electron chi connectivity index (χ0n) is 14.5. The number of benzene rings is 3.